The number of fused-ring (bicyclic) bond motifs is 1. The number of nitrogens with one attached hydrogen (secondary N) is 1. The second kappa shape index (κ2) is 6.59. The molecule has 0 spiro atoms. The summed E-state index contributed by atoms with van der Waals surface area (Å²) < 4.78 is 5.49. The number of aromatic nitrogens is 2. The van der Waals surface area contributed by atoms with Gasteiger partial charge in [-0.15, -0.1) is 0 Å². The Kier molecular flexibility index (Phi) is 4.14. The van der Waals surface area contributed by atoms with Gasteiger partial charge in [-0.05, 0) is 66.5 Å². The summed E-state index contributed by atoms with van der Waals surface area (Å²) in [6.45, 7) is 2.15. The van der Waals surface area contributed by atoms with E-state index in [1.165, 1.54) is 22.3 Å². The number of methoxy groups -OCH3 is 1. The molecule has 2 aromatic rings. The maximum absolute atomic E-state index is 5.49. The van der Waals surface area contributed by atoms with Gasteiger partial charge in [-0.2, -0.15) is 0 Å². The minimum absolute atomic E-state index is 0.528. The van der Waals surface area contributed by atoms with E-state index in [2.05, 4.69) is 46.9 Å². The first-order chi connectivity index (χ1) is 12.3. The molecule has 1 fully saturated rings. The van der Waals surface area contributed by atoms with Crippen molar-refractivity contribution in [1.82, 2.24) is 15.4 Å². The third-order valence-corrected chi connectivity index (χ3v) is 5.06. The molecule has 1 aromatic heterocycles. The van der Waals surface area contributed by atoms with Crippen LogP contribution in [0.25, 0.3) is 0 Å². The van der Waals surface area contributed by atoms with Crippen molar-refractivity contribution in [1.29, 1.82) is 0 Å². The second-order valence-electron chi connectivity index (χ2n) is 6.49. The Labute approximate surface area is 148 Å². The normalized spacial score (nSPS) is 19.4. The second-order valence-corrected chi connectivity index (χ2v) is 6.49. The highest BCUT2D eigenvalue weighted by Gasteiger charge is 2.26. The topological polar surface area (TPSA) is 50.3 Å². The minimum atomic E-state index is 0.528. The summed E-state index contributed by atoms with van der Waals surface area (Å²) >= 11 is 0. The van der Waals surface area contributed by atoms with Gasteiger partial charge in [-0.1, -0.05) is 12.1 Å². The van der Waals surface area contributed by atoms with Gasteiger partial charge in [0.15, 0.2) is 0 Å². The molecule has 128 valence electrons. The van der Waals surface area contributed by atoms with Gasteiger partial charge in [0.05, 0.1) is 7.11 Å². The number of hydrazine groups is 1. The lowest BCUT2D eigenvalue weighted by molar-refractivity contribution is 0.409. The lowest BCUT2D eigenvalue weighted by Crippen LogP contribution is -2.35. The van der Waals surface area contributed by atoms with Gasteiger partial charge in [0.2, 0.25) is 5.95 Å². The molecule has 1 aliphatic carbocycles. The number of hydrogen-bond donors (Lipinski definition) is 1. The molecule has 2 heterocycles. The highest BCUT2D eigenvalue weighted by atomic mass is 16.5. The van der Waals surface area contributed by atoms with Gasteiger partial charge < -0.3 is 4.74 Å². The third-order valence-electron chi connectivity index (χ3n) is 5.06. The van der Waals surface area contributed by atoms with Gasteiger partial charge in [-0.3, -0.25) is 5.43 Å². The van der Waals surface area contributed by atoms with E-state index in [-0.39, 0.29) is 0 Å². The average molecular weight is 334 g/mol. The highest BCUT2D eigenvalue weighted by Crippen LogP contribution is 2.42. The van der Waals surface area contributed by atoms with E-state index in [0.29, 0.717) is 11.9 Å². The minimum Gasteiger partial charge on any atom is -0.496 e. The van der Waals surface area contributed by atoms with Crippen molar-refractivity contribution in [2.75, 3.05) is 12.1 Å². The van der Waals surface area contributed by atoms with Crippen LogP contribution in [0.5, 0.6) is 5.75 Å². The summed E-state index contributed by atoms with van der Waals surface area (Å²) in [7, 11) is 1.74. The number of hydrogen-bond acceptors (Lipinski definition) is 5. The molecule has 0 radical (unpaired) electrons. The first kappa shape index (κ1) is 15.7. The zero-order valence-electron chi connectivity index (χ0n) is 14.6. The summed E-state index contributed by atoms with van der Waals surface area (Å²) in [4.78, 5) is 8.60. The number of anilines is 1. The molecular formula is C20H22N4O. The van der Waals surface area contributed by atoms with Crippen molar-refractivity contribution < 1.29 is 4.74 Å². The first-order valence-electron chi connectivity index (χ1n) is 8.62. The fourth-order valence-corrected chi connectivity index (χ4v) is 3.72. The molecule has 0 saturated heterocycles. The Morgan fingerprint density at radius 1 is 1.16 bits per heavy atom. The molecule has 1 saturated carbocycles. The average Bonchev–Trinajstić information content (AvgIpc) is 2.68. The zero-order valence-corrected chi connectivity index (χ0v) is 14.6. The molecule has 1 aliphatic heterocycles. The van der Waals surface area contributed by atoms with Crippen LogP contribution < -0.4 is 15.2 Å². The van der Waals surface area contributed by atoms with E-state index >= 15 is 0 Å². The Bertz CT molecular complexity index is 829. The number of nitrogens with zero attached hydrogens (tertiary/aromatic N) is 3. The predicted molar refractivity (Wildman–Crippen MR) is 98.1 cm³/mol. The van der Waals surface area contributed by atoms with Crippen LogP contribution in [0.15, 0.2) is 60.2 Å². The summed E-state index contributed by atoms with van der Waals surface area (Å²) in [5.41, 5.74) is 8.67. The van der Waals surface area contributed by atoms with Crippen LogP contribution in [0.3, 0.4) is 0 Å². The van der Waals surface area contributed by atoms with Crippen LogP contribution in [0, 0.1) is 6.92 Å². The van der Waals surface area contributed by atoms with Crippen molar-refractivity contribution >= 4 is 5.95 Å². The van der Waals surface area contributed by atoms with Crippen LogP contribution in [-0.2, 0) is 0 Å². The maximum atomic E-state index is 5.49. The van der Waals surface area contributed by atoms with Gasteiger partial charge >= 0.3 is 0 Å². The molecule has 5 heteroatoms. The molecule has 1 atom stereocenters. The fourth-order valence-electron chi connectivity index (χ4n) is 3.72. The van der Waals surface area contributed by atoms with E-state index in [4.69, 9.17) is 4.74 Å². The predicted octanol–water partition coefficient (Wildman–Crippen LogP) is 3.85. The van der Waals surface area contributed by atoms with Gasteiger partial charge in [0.25, 0.3) is 0 Å². The van der Waals surface area contributed by atoms with Gasteiger partial charge in [-0.25, -0.2) is 15.0 Å². The molecule has 0 amide bonds. The Morgan fingerprint density at radius 2 is 2.00 bits per heavy atom. The van der Waals surface area contributed by atoms with Gasteiger partial charge in [0.1, 0.15) is 5.75 Å². The van der Waals surface area contributed by atoms with Crippen LogP contribution in [0.2, 0.25) is 0 Å². The lowest BCUT2D eigenvalue weighted by atomic mass is 9.77. The molecule has 1 N–H and O–H groups in total. The smallest absolute Gasteiger partial charge is 0.248 e. The summed E-state index contributed by atoms with van der Waals surface area (Å²) in [6.07, 6.45) is 11.0. The number of allylic oxidation sites excluding steroid dienone is 2. The Hall–Kier alpha value is -2.82. The maximum Gasteiger partial charge on any atom is 0.248 e. The Balaban J connectivity index is 1.54. The number of ether oxygens (including phenoxy) is 1. The van der Waals surface area contributed by atoms with E-state index < -0.39 is 0 Å². The summed E-state index contributed by atoms with van der Waals surface area (Å²) in [6, 6.07) is 8.18. The van der Waals surface area contributed by atoms with Gasteiger partial charge in [0, 0.05) is 24.8 Å². The quantitative estimate of drug-likeness (QED) is 0.924. The molecule has 4 rings (SSSR count). The van der Waals surface area contributed by atoms with Crippen LogP contribution in [-0.4, -0.2) is 17.1 Å². The van der Waals surface area contributed by atoms with E-state index in [1.807, 2.05) is 17.1 Å². The molecule has 0 bridgehead atoms. The van der Waals surface area contributed by atoms with Crippen molar-refractivity contribution in [3.05, 3.63) is 71.3 Å². The molecule has 1 unspecified atom stereocenters. The van der Waals surface area contributed by atoms with E-state index in [9.17, 15) is 0 Å². The third kappa shape index (κ3) is 2.97. The number of benzene rings is 1. The monoisotopic (exact) mass is 334 g/mol. The fraction of sp³-hybridized carbons (Fsp3) is 0.300. The summed E-state index contributed by atoms with van der Waals surface area (Å²) in [5.74, 6) is 2.16. The Morgan fingerprint density at radius 3 is 2.80 bits per heavy atom. The SMILES string of the molecule is COc1cccc(C2CCC3=CN(c4ncccn4)NC=C3C2)c1C. The molecule has 5 nitrogen and oxygen atoms in total. The largest absolute Gasteiger partial charge is 0.496 e. The number of rotatable bonds is 3. The van der Waals surface area contributed by atoms with Crippen molar-refractivity contribution in [2.24, 2.45) is 0 Å². The molecular weight excluding hydrogens is 312 g/mol. The van der Waals surface area contributed by atoms with Crippen molar-refractivity contribution in [2.45, 2.75) is 32.1 Å². The molecule has 25 heavy (non-hydrogen) atoms. The zero-order chi connectivity index (χ0) is 17.2. The van der Waals surface area contributed by atoms with Crippen LogP contribution in [0.1, 0.15) is 36.3 Å². The van der Waals surface area contributed by atoms with Crippen LogP contribution in [0.4, 0.5) is 5.95 Å². The van der Waals surface area contributed by atoms with Crippen molar-refractivity contribution in [3.63, 3.8) is 0 Å². The standard InChI is InChI=1S/C20H22N4O/c1-14-18(5-3-6-19(14)25-2)15-7-8-16-13-24(23-12-17(16)11-15)20-21-9-4-10-22-20/h3-6,9-10,12-13,15,23H,7-8,11H2,1-2H3. The van der Waals surface area contributed by atoms with Crippen LogP contribution >= 0.6 is 0 Å². The molecule has 1 aromatic carbocycles. The van der Waals surface area contributed by atoms with E-state index in [0.717, 1.165) is 25.0 Å². The highest BCUT2D eigenvalue weighted by molar-refractivity contribution is 5.48. The first-order valence-corrected chi connectivity index (χ1v) is 8.62. The molecule has 2 aliphatic rings. The summed E-state index contributed by atoms with van der Waals surface area (Å²) in [5, 5.41) is 1.88. The van der Waals surface area contributed by atoms with Crippen molar-refractivity contribution in [3.8, 4) is 5.75 Å². The van der Waals surface area contributed by atoms with E-state index in [1.54, 1.807) is 19.5 Å². The lowest BCUT2D eigenvalue weighted by Gasteiger charge is -2.33.